The predicted molar refractivity (Wildman–Crippen MR) is 107 cm³/mol. The van der Waals surface area contributed by atoms with Crippen LogP contribution in [0.3, 0.4) is 0 Å². The van der Waals surface area contributed by atoms with E-state index in [0.717, 1.165) is 24.3 Å². The molecule has 0 radical (unpaired) electrons. The lowest BCUT2D eigenvalue weighted by molar-refractivity contribution is -0.141. The van der Waals surface area contributed by atoms with Gasteiger partial charge in [-0.15, -0.1) is 12.6 Å². The number of hydrogen-bond donors (Lipinski definition) is 3. The lowest BCUT2D eigenvalue weighted by atomic mass is 10.2. The maximum Gasteiger partial charge on any atom is 0.434 e. The van der Waals surface area contributed by atoms with Crippen molar-refractivity contribution in [3.05, 3.63) is 70.6 Å². The molecule has 3 N–H and O–H groups in total. The number of nitrogens with two attached hydrogens (primary N) is 1. The van der Waals surface area contributed by atoms with E-state index in [9.17, 15) is 22.4 Å². The Bertz CT molecular complexity index is 1130. The first-order chi connectivity index (χ1) is 14.0. The number of amides is 1. The van der Waals surface area contributed by atoms with Gasteiger partial charge in [-0.05, 0) is 36.4 Å². The van der Waals surface area contributed by atoms with E-state index in [1.807, 2.05) is 0 Å². The number of anilines is 2. The van der Waals surface area contributed by atoms with Gasteiger partial charge in [-0.1, -0.05) is 17.7 Å². The number of hydrogen-bond acceptors (Lipinski definition) is 5. The molecule has 30 heavy (non-hydrogen) atoms. The minimum absolute atomic E-state index is 0.189. The Hall–Kier alpha value is -2.98. The number of nitrogens with one attached hydrogen (secondary N) is 1. The zero-order chi connectivity index (χ0) is 22.1. The Kier molecular flexibility index (Phi) is 6.09. The summed E-state index contributed by atoms with van der Waals surface area (Å²) in [4.78, 5) is 16.6. The summed E-state index contributed by atoms with van der Waals surface area (Å²) in [7, 11) is 0. The first-order valence-electron chi connectivity index (χ1n) is 8.15. The summed E-state index contributed by atoms with van der Waals surface area (Å²) in [6.45, 7) is 0. The van der Waals surface area contributed by atoms with Crippen molar-refractivity contribution in [2.75, 3.05) is 11.1 Å². The fraction of sp³-hybridized carbons (Fsp3) is 0.0526. The molecule has 0 aliphatic carbocycles. The standard InChI is InChI=1S/C19H12ClF4N3O2S/c20-13-8-12(17(28)26-10-2-1-3-11(30)7-10)18(27-16(13)19(22,23)24)29-15-5-4-9(21)6-14(15)25/h1-8,30H,25H2,(H,26,28). The number of nitrogen functional groups attached to an aromatic ring is 1. The second kappa shape index (κ2) is 8.41. The second-order valence-electron chi connectivity index (χ2n) is 5.96. The topological polar surface area (TPSA) is 77.2 Å². The maximum atomic E-state index is 13.3. The zero-order valence-corrected chi connectivity index (χ0v) is 16.4. The molecule has 0 saturated carbocycles. The molecule has 0 aliphatic heterocycles. The Labute approximate surface area is 178 Å². The second-order valence-corrected chi connectivity index (χ2v) is 6.88. The van der Waals surface area contributed by atoms with Crippen molar-refractivity contribution in [2.24, 2.45) is 0 Å². The van der Waals surface area contributed by atoms with E-state index in [4.69, 9.17) is 22.1 Å². The van der Waals surface area contributed by atoms with Crippen LogP contribution < -0.4 is 15.8 Å². The molecule has 2 aromatic carbocycles. The number of nitrogens with zero attached hydrogens (tertiary/aromatic N) is 1. The van der Waals surface area contributed by atoms with Crippen molar-refractivity contribution in [1.82, 2.24) is 4.98 Å². The van der Waals surface area contributed by atoms with Gasteiger partial charge >= 0.3 is 6.18 Å². The van der Waals surface area contributed by atoms with E-state index >= 15 is 0 Å². The molecule has 0 saturated heterocycles. The fourth-order valence-corrected chi connectivity index (χ4v) is 2.89. The summed E-state index contributed by atoms with van der Waals surface area (Å²) >= 11 is 9.86. The van der Waals surface area contributed by atoms with E-state index in [0.29, 0.717) is 10.6 Å². The Morgan fingerprint density at radius 2 is 1.90 bits per heavy atom. The van der Waals surface area contributed by atoms with Crippen LogP contribution in [-0.2, 0) is 6.18 Å². The molecule has 1 amide bonds. The van der Waals surface area contributed by atoms with Crippen molar-refractivity contribution >= 4 is 41.5 Å². The van der Waals surface area contributed by atoms with Crippen LogP contribution in [0.15, 0.2) is 53.4 Å². The molecule has 0 spiro atoms. The summed E-state index contributed by atoms with van der Waals surface area (Å²) in [6, 6.07) is 10.1. The first-order valence-corrected chi connectivity index (χ1v) is 8.98. The van der Waals surface area contributed by atoms with Gasteiger partial charge < -0.3 is 15.8 Å². The normalized spacial score (nSPS) is 11.3. The van der Waals surface area contributed by atoms with Crippen molar-refractivity contribution in [3.63, 3.8) is 0 Å². The molecule has 0 atom stereocenters. The SMILES string of the molecule is Nc1cc(F)ccc1Oc1nc(C(F)(F)F)c(Cl)cc1C(=O)Nc1cccc(S)c1. The summed E-state index contributed by atoms with van der Waals surface area (Å²) < 4.78 is 58.3. The number of halogens is 5. The molecule has 0 fully saturated rings. The molecule has 1 heterocycles. The quantitative estimate of drug-likeness (QED) is 0.262. The predicted octanol–water partition coefficient (Wildman–Crippen LogP) is 5.81. The van der Waals surface area contributed by atoms with Crippen LogP contribution in [-0.4, -0.2) is 10.9 Å². The minimum Gasteiger partial charge on any atom is -0.436 e. The molecule has 0 unspecified atom stereocenters. The van der Waals surface area contributed by atoms with Crippen LogP contribution >= 0.6 is 24.2 Å². The van der Waals surface area contributed by atoms with Crippen molar-refractivity contribution in [3.8, 4) is 11.6 Å². The molecule has 5 nitrogen and oxygen atoms in total. The average molecular weight is 458 g/mol. The molecular formula is C19H12ClF4N3O2S. The lowest BCUT2D eigenvalue weighted by Crippen LogP contribution is -2.17. The van der Waals surface area contributed by atoms with Crippen LogP contribution in [0.25, 0.3) is 0 Å². The third-order valence-corrected chi connectivity index (χ3v) is 4.30. The van der Waals surface area contributed by atoms with Gasteiger partial charge in [-0.25, -0.2) is 9.37 Å². The number of carbonyl (C=O) groups is 1. The molecule has 11 heteroatoms. The van der Waals surface area contributed by atoms with E-state index in [1.165, 1.54) is 6.07 Å². The van der Waals surface area contributed by atoms with Crippen molar-refractivity contribution in [2.45, 2.75) is 11.1 Å². The highest BCUT2D eigenvalue weighted by atomic mass is 35.5. The molecular weight excluding hydrogens is 446 g/mol. The van der Waals surface area contributed by atoms with Crippen LogP contribution in [0.4, 0.5) is 28.9 Å². The third-order valence-electron chi connectivity index (χ3n) is 3.74. The summed E-state index contributed by atoms with van der Waals surface area (Å²) in [5, 5.41) is 1.70. The zero-order valence-electron chi connectivity index (χ0n) is 14.8. The number of pyridine rings is 1. The molecule has 0 aliphatic rings. The number of aromatic nitrogens is 1. The van der Waals surface area contributed by atoms with Gasteiger partial charge in [0, 0.05) is 16.6 Å². The van der Waals surface area contributed by atoms with E-state index in [2.05, 4.69) is 22.9 Å². The number of ether oxygens (including phenoxy) is 1. The Morgan fingerprint density at radius 1 is 1.17 bits per heavy atom. The van der Waals surface area contributed by atoms with E-state index in [-0.39, 0.29) is 17.0 Å². The van der Waals surface area contributed by atoms with Crippen LogP contribution in [0.2, 0.25) is 5.02 Å². The van der Waals surface area contributed by atoms with Gasteiger partial charge in [0.15, 0.2) is 11.4 Å². The van der Waals surface area contributed by atoms with Crippen LogP contribution in [0.1, 0.15) is 16.1 Å². The van der Waals surface area contributed by atoms with Gasteiger partial charge in [0.25, 0.3) is 5.91 Å². The Morgan fingerprint density at radius 3 is 2.53 bits per heavy atom. The molecule has 1 aromatic heterocycles. The van der Waals surface area contributed by atoms with Gasteiger partial charge in [-0.2, -0.15) is 13.2 Å². The van der Waals surface area contributed by atoms with Crippen LogP contribution in [0.5, 0.6) is 11.6 Å². The minimum atomic E-state index is -4.90. The van der Waals surface area contributed by atoms with Gasteiger partial charge in [0.05, 0.1) is 10.7 Å². The number of benzene rings is 2. The van der Waals surface area contributed by atoms with Crippen molar-refractivity contribution < 1.29 is 27.1 Å². The molecule has 156 valence electrons. The number of alkyl halides is 3. The first kappa shape index (κ1) is 21.7. The van der Waals surface area contributed by atoms with E-state index < -0.39 is 34.5 Å². The summed E-state index contributed by atoms with van der Waals surface area (Å²) in [6.07, 6.45) is -4.90. The summed E-state index contributed by atoms with van der Waals surface area (Å²) in [5.74, 6) is -2.41. The third kappa shape index (κ3) is 4.95. The number of thiol groups is 1. The van der Waals surface area contributed by atoms with Gasteiger partial charge in [0.2, 0.25) is 5.88 Å². The molecule has 3 rings (SSSR count). The Balaban J connectivity index is 2.06. The highest BCUT2D eigenvalue weighted by molar-refractivity contribution is 7.80. The van der Waals surface area contributed by atoms with E-state index in [1.54, 1.807) is 18.2 Å². The van der Waals surface area contributed by atoms with Crippen LogP contribution in [0, 0.1) is 5.82 Å². The fourth-order valence-electron chi connectivity index (χ4n) is 2.41. The van der Waals surface area contributed by atoms with Gasteiger partial charge in [-0.3, -0.25) is 4.79 Å². The monoisotopic (exact) mass is 457 g/mol. The average Bonchev–Trinajstić information content (AvgIpc) is 2.64. The number of carbonyl (C=O) groups excluding carboxylic acids is 1. The highest BCUT2D eigenvalue weighted by Crippen LogP contribution is 2.38. The molecule has 0 bridgehead atoms. The summed E-state index contributed by atoms with van der Waals surface area (Å²) in [5.41, 5.74) is 3.93. The number of rotatable bonds is 4. The van der Waals surface area contributed by atoms with Gasteiger partial charge in [0.1, 0.15) is 11.4 Å². The largest absolute Gasteiger partial charge is 0.436 e. The smallest absolute Gasteiger partial charge is 0.434 e. The molecule has 3 aromatic rings. The lowest BCUT2D eigenvalue weighted by Gasteiger charge is -2.15. The van der Waals surface area contributed by atoms with Crippen molar-refractivity contribution in [1.29, 1.82) is 0 Å². The maximum absolute atomic E-state index is 13.3. The highest BCUT2D eigenvalue weighted by Gasteiger charge is 2.37.